The molecule has 1 aromatic carbocycles. The van der Waals surface area contributed by atoms with Crippen molar-refractivity contribution in [3.63, 3.8) is 0 Å². The van der Waals surface area contributed by atoms with E-state index in [2.05, 4.69) is 5.10 Å². The first-order valence-corrected chi connectivity index (χ1v) is 5.76. The number of ether oxygens (including phenoxy) is 1. The van der Waals surface area contributed by atoms with Gasteiger partial charge in [-0.15, -0.1) is 0 Å². The van der Waals surface area contributed by atoms with Crippen LogP contribution in [0, 0.1) is 12.7 Å². The van der Waals surface area contributed by atoms with E-state index in [1.807, 2.05) is 6.92 Å². The van der Waals surface area contributed by atoms with Gasteiger partial charge in [0.1, 0.15) is 11.6 Å². The Balaban J connectivity index is 2.39. The average Bonchev–Trinajstić information content (AvgIpc) is 2.57. The lowest BCUT2D eigenvalue weighted by Crippen LogP contribution is -2.01. The topological polar surface area (TPSA) is 53.1 Å². The molecule has 96 valence electrons. The first kappa shape index (κ1) is 12.9. The number of halogens is 2. The van der Waals surface area contributed by atoms with Crippen LogP contribution in [-0.2, 0) is 13.6 Å². The van der Waals surface area contributed by atoms with Crippen LogP contribution in [0.3, 0.4) is 0 Å². The molecule has 1 heterocycles. The van der Waals surface area contributed by atoms with Gasteiger partial charge >= 0.3 is 0 Å². The number of aryl methyl sites for hydroxylation is 2. The molecule has 6 heteroatoms. The maximum atomic E-state index is 12.9. The van der Waals surface area contributed by atoms with Gasteiger partial charge in [0, 0.05) is 13.6 Å². The van der Waals surface area contributed by atoms with E-state index in [4.69, 9.17) is 22.1 Å². The van der Waals surface area contributed by atoms with E-state index < -0.39 is 5.82 Å². The standard InChI is InChI=1S/C12H13ClFN3O/c1-7-9(6-15)12(17(2)16-7)18-11-4-3-8(14)5-10(11)13/h3-5H,6,15H2,1-2H3. The van der Waals surface area contributed by atoms with Crippen molar-refractivity contribution in [2.45, 2.75) is 13.5 Å². The van der Waals surface area contributed by atoms with E-state index in [0.29, 0.717) is 18.2 Å². The molecule has 0 bridgehead atoms. The largest absolute Gasteiger partial charge is 0.437 e. The van der Waals surface area contributed by atoms with Crippen molar-refractivity contribution < 1.29 is 9.13 Å². The Hall–Kier alpha value is -1.59. The van der Waals surface area contributed by atoms with E-state index in [0.717, 1.165) is 11.3 Å². The van der Waals surface area contributed by atoms with Crippen LogP contribution in [0.4, 0.5) is 4.39 Å². The van der Waals surface area contributed by atoms with Crippen molar-refractivity contribution in [2.75, 3.05) is 0 Å². The number of hydrogen-bond acceptors (Lipinski definition) is 3. The maximum absolute atomic E-state index is 12.9. The molecule has 0 fully saturated rings. The molecule has 0 aliphatic heterocycles. The lowest BCUT2D eigenvalue weighted by Gasteiger charge is -2.09. The van der Waals surface area contributed by atoms with Crippen molar-refractivity contribution in [2.24, 2.45) is 12.8 Å². The fourth-order valence-electron chi connectivity index (χ4n) is 1.71. The molecule has 0 aliphatic rings. The van der Waals surface area contributed by atoms with E-state index in [-0.39, 0.29) is 5.02 Å². The lowest BCUT2D eigenvalue weighted by molar-refractivity contribution is 0.425. The number of hydrogen-bond donors (Lipinski definition) is 1. The Labute approximate surface area is 109 Å². The second-order valence-electron chi connectivity index (χ2n) is 3.87. The zero-order chi connectivity index (χ0) is 13.3. The molecule has 2 N–H and O–H groups in total. The number of benzene rings is 1. The summed E-state index contributed by atoms with van der Waals surface area (Å²) in [5, 5.41) is 4.43. The van der Waals surface area contributed by atoms with Crippen molar-refractivity contribution in [1.82, 2.24) is 9.78 Å². The first-order chi connectivity index (χ1) is 8.52. The van der Waals surface area contributed by atoms with Crippen LogP contribution >= 0.6 is 11.6 Å². The Morgan fingerprint density at radius 1 is 1.50 bits per heavy atom. The second kappa shape index (κ2) is 4.96. The van der Waals surface area contributed by atoms with Crippen LogP contribution in [0.15, 0.2) is 18.2 Å². The van der Waals surface area contributed by atoms with E-state index in [1.54, 1.807) is 11.7 Å². The minimum atomic E-state index is -0.410. The minimum absolute atomic E-state index is 0.205. The number of aromatic nitrogens is 2. The van der Waals surface area contributed by atoms with Crippen molar-refractivity contribution in [3.8, 4) is 11.6 Å². The SMILES string of the molecule is Cc1nn(C)c(Oc2ccc(F)cc2Cl)c1CN. The lowest BCUT2D eigenvalue weighted by atomic mass is 10.2. The number of rotatable bonds is 3. The Morgan fingerprint density at radius 3 is 2.83 bits per heavy atom. The van der Waals surface area contributed by atoms with Gasteiger partial charge in [-0.25, -0.2) is 9.07 Å². The van der Waals surface area contributed by atoms with Crippen LogP contribution in [0.5, 0.6) is 11.6 Å². The third-order valence-electron chi connectivity index (χ3n) is 2.59. The third kappa shape index (κ3) is 2.32. The summed E-state index contributed by atoms with van der Waals surface area (Å²) in [5.41, 5.74) is 7.26. The smallest absolute Gasteiger partial charge is 0.222 e. The molecular formula is C12H13ClFN3O. The molecule has 0 spiro atoms. The first-order valence-electron chi connectivity index (χ1n) is 5.38. The zero-order valence-corrected chi connectivity index (χ0v) is 10.8. The van der Waals surface area contributed by atoms with Gasteiger partial charge in [0.2, 0.25) is 5.88 Å². The van der Waals surface area contributed by atoms with Crippen LogP contribution in [-0.4, -0.2) is 9.78 Å². The molecule has 1 aromatic heterocycles. The molecule has 0 amide bonds. The van der Waals surface area contributed by atoms with Crippen LogP contribution < -0.4 is 10.5 Å². The van der Waals surface area contributed by atoms with Gasteiger partial charge in [0.05, 0.1) is 16.3 Å². The van der Waals surface area contributed by atoms with Crippen molar-refractivity contribution in [1.29, 1.82) is 0 Å². The van der Waals surface area contributed by atoms with Gasteiger partial charge < -0.3 is 10.5 Å². The molecule has 0 aliphatic carbocycles. The summed E-state index contributed by atoms with van der Waals surface area (Å²) in [5.74, 6) is 0.479. The predicted octanol–water partition coefficient (Wildman–Crippen LogP) is 2.77. The highest BCUT2D eigenvalue weighted by Gasteiger charge is 2.15. The molecule has 0 unspecified atom stereocenters. The molecule has 2 rings (SSSR count). The third-order valence-corrected chi connectivity index (χ3v) is 2.89. The molecule has 2 aromatic rings. The zero-order valence-electron chi connectivity index (χ0n) is 10.1. The highest BCUT2D eigenvalue weighted by molar-refractivity contribution is 6.32. The monoisotopic (exact) mass is 269 g/mol. The fourth-order valence-corrected chi connectivity index (χ4v) is 1.91. The van der Waals surface area contributed by atoms with Gasteiger partial charge in [-0.05, 0) is 25.1 Å². The van der Waals surface area contributed by atoms with E-state index >= 15 is 0 Å². The summed E-state index contributed by atoms with van der Waals surface area (Å²) in [7, 11) is 1.75. The van der Waals surface area contributed by atoms with Gasteiger partial charge in [-0.1, -0.05) is 11.6 Å². The number of nitrogens with two attached hydrogens (primary N) is 1. The Morgan fingerprint density at radius 2 is 2.22 bits per heavy atom. The minimum Gasteiger partial charge on any atom is -0.437 e. The molecule has 4 nitrogen and oxygen atoms in total. The summed E-state index contributed by atoms with van der Waals surface area (Å²) < 4.78 is 20.2. The molecule has 0 radical (unpaired) electrons. The molecule has 0 saturated heterocycles. The summed E-state index contributed by atoms with van der Waals surface area (Å²) in [6, 6.07) is 3.95. The molecule has 0 saturated carbocycles. The Kier molecular flexibility index (Phi) is 3.54. The van der Waals surface area contributed by atoms with Gasteiger partial charge in [-0.2, -0.15) is 5.10 Å². The molecule has 18 heavy (non-hydrogen) atoms. The van der Waals surface area contributed by atoms with Crippen molar-refractivity contribution >= 4 is 11.6 Å². The quantitative estimate of drug-likeness (QED) is 0.932. The molecular weight excluding hydrogens is 257 g/mol. The Bertz CT molecular complexity index is 583. The normalized spacial score (nSPS) is 10.7. The fraction of sp³-hybridized carbons (Fsp3) is 0.250. The van der Waals surface area contributed by atoms with Crippen LogP contribution in [0.2, 0.25) is 5.02 Å². The highest BCUT2D eigenvalue weighted by Crippen LogP contribution is 2.32. The molecule has 0 atom stereocenters. The maximum Gasteiger partial charge on any atom is 0.222 e. The van der Waals surface area contributed by atoms with Crippen LogP contribution in [0.25, 0.3) is 0 Å². The summed E-state index contributed by atoms with van der Waals surface area (Å²) in [6.45, 7) is 2.16. The van der Waals surface area contributed by atoms with Gasteiger partial charge in [-0.3, -0.25) is 0 Å². The van der Waals surface area contributed by atoms with Gasteiger partial charge in [0.15, 0.2) is 0 Å². The summed E-state index contributed by atoms with van der Waals surface area (Å²) in [6.07, 6.45) is 0. The summed E-state index contributed by atoms with van der Waals surface area (Å²) >= 11 is 5.91. The number of nitrogens with zero attached hydrogens (tertiary/aromatic N) is 2. The second-order valence-corrected chi connectivity index (χ2v) is 4.28. The van der Waals surface area contributed by atoms with Crippen molar-refractivity contribution in [3.05, 3.63) is 40.3 Å². The summed E-state index contributed by atoms with van der Waals surface area (Å²) in [4.78, 5) is 0. The average molecular weight is 270 g/mol. The van der Waals surface area contributed by atoms with E-state index in [1.165, 1.54) is 18.2 Å². The predicted molar refractivity (Wildman–Crippen MR) is 67.3 cm³/mol. The van der Waals surface area contributed by atoms with Crippen LogP contribution in [0.1, 0.15) is 11.3 Å². The van der Waals surface area contributed by atoms with E-state index in [9.17, 15) is 4.39 Å². The van der Waals surface area contributed by atoms with Gasteiger partial charge in [0.25, 0.3) is 0 Å². The highest BCUT2D eigenvalue weighted by atomic mass is 35.5.